The van der Waals surface area contributed by atoms with E-state index in [1.165, 1.54) is 16.9 Å². The van der Waals surface area contributed by atoms with E-state index in [-0.39, 0.29) is 18.2 Å². The summed E-state index contributed by atoms with van der Waals surface area (Å²) in [4.78, 5) is 28.3. The zero-order chi connectivity index (χ0) is 18.7. The number of carbonyl (C=O) groups excluding carboxylic acids is 2. The number of hydrogen-bond acceptors (Lipinski definition) is 5. The molecule has 3 rings (SSSR count). The van der Waals surface area contributed by atoms with Crippen LogP contribution in [-0.4, -0.2) is 29.9 Å². The minimum absolute atomic E-state index is 0.0672. The van der Waals surface area contributed by atoms with Gasteiger partial charge in [0.15, 0.2) is 5.13 Å². The van der Waals surface area contributed by atoms with Crippen molar-refractivity contribution in [2.24, 2.45) is 5.41 Å². The van der Waals surface area contributed by atoms with E-state index in [4.69, 9.17) is 4.74 Å². The highest BCUT2D eigenvalue weighted by Crippen LogP contribution is 2.31. The average Bonchev–Trinajstić information content (AvgIpc) is 3.21. The van der Waals surface area contributed by atoms with Gasteiger partial charge in [-0.05, 0) is 23.8 Å². The number of fused-ring (bicyclic) bond motifs is 1. The molecule has 0 atom stereocenters. The molecular formula is C19H23N3O3S. The summed E-state index contributed by atoms with van der Waals surface area (Å²) < 4.78 is 5.52. The Kier molecular flexibility index (Phi) is 5.27. The van der Waals surface area contributed by atoms with Crippen molar-refractivity contribution in [2.75, 3.05) is 18.5 Å². The molecule has 0 unspecified atom stereocenters. The average molecular weight is 373 g/mol. The largest absolute Gasteiger partial charge is 0.493 e. The summed E-state index contributed by atoms with van der Waals surface area (Å²) in [6.07, 6.45) is 1.13. The minimum atomic E-state index is -0.457. The zero-order valence-electron chi connectivity index (χ0n) is 15.2. The second-order valence-corrected chi connectivity index (χ2v) is 8.12. The molecule has 1 aromatic heterocycles. The summed E-state index contributed by atoms with van der Waals surface area (Å²) in [6.45, 7) is 6.55. The number of hydrogen-bond donors (Lipinski definition) is 2. The van der Waals surface area contributed by atoms with Crippen molar-refractivity contribution in [1.29, 1.82) is 0 Å². The third kappa shape index (κ3) is 4.40. The van der Waals surface area contributed by atoms with Gasteiger partial charge in [0, 0.05) is 35.7 Å². The van der Waals surface area contributed by atoms with Crippen LogP contribution >= 0.6 is 11.3 Å². The fraction of sp³-hybridized carbons (Fsp3) is 0.421. The summed E-state index contributed by atoms with van der Waals surface area (Å²) in [5.74, 6) is 0.708. The van der Waals surface area contributed by atoms with E-state index in [1.54, 1.807) is 0 Å². The van der Waals surface area contributed by atoms with Gasteiger partial charge in [-0.15, -0.1) is 11.3 Å². The van der Waals surface area contributed by atoms with E-state index in [0.29, 0.717) is 11.7 Å². The molecule has 7 heteroatoms. The molecular weight excluding hydrogens is 350 g/mol. The Morgan fingerprint density at radius 1 is 1.31 bits per heavy atom. The first-order valence-corrected chi connectivity index (χ1v) is 9.51. The molecule has 1 aliphatic rings. The molecule has 2 heterocycles. The molecule has 2 aromatic rings. The van der Waals surface area contributed by atoms with Gasteiger partial charge in [-0.3, -0.25) is 9.59 Å². The SMILES string of the molecule is CC(C)(C)C(=O)NCCC(=O)Nc1nc(-c2ccc3c(c2)CCO3)cs1. The lowest BCUT2D eigenvalue weighted by Crippen LogP contribution is -2.36. The van der Waals surface area contributed by atoms with Gasteiger partial charge in [-0.2, -0.15) is 0 Å². The van der Waals surface area contributed by atoms with Gasteiger partial charge in [0.25, 0.3) is 0 Å². The van der Waals surface area contributed by atoms with E-state index < -0.39 is 5.41 Å². The Morgan fingerprint density at radius 3 is 2.88 bits per heavy atom. The van der Waals surface area contributed by atoms with Gasteiger partial charge in [-0.1, -0.05) is 20.8 Å². The monoisotopic (exact) mass is 373 g/mol. The summed E-state index contributed by atoms with van der Waals surface area (Å²) >= 11 is 1.39. The highest BCUT2D eigenvalue weighted by atomic mass is 32.1. The predicted octanol–water partition coefficient (Wildman–Crippen LogP) is 3.24. The van der Waals surface area contributed by atoms with Gasteiger partial charge < -0.3 is 15.4 Å². The van der Waals surface area contributed by atoms with E-state index in [0.717, 1.165) is 30.0 Å². The molecule has 0 bridgehead atoms. The lowest BCUT2D eigenvalue weighted by Gasteiger charge is -2.17. The number of ether oxygens (including phenoxy) is 1. The molecule has 0 fully saturated rings. The van der Waals surface area contributed by atoms with Gasteiger partial charge in [0.05, 0.1) is 12.3 Å². The van der Waals surface area contributed by atoms with Crippen LogP contribution in [0.25, 0.3) is 11.3 Å². The number of anilines is 1. The molecule has 138 valence electrons. The van der Waals surface area contributed by atoms with Gasteiger partial charge in [0.1, 0.15) is 5.75 Å². The maximum atomic E-state index is 12.0. The standard InChI is InChI=1S/C19H23N3O3S/c1-19(2,3)17(24)20-8-6-16(23)22-18-21-14(11-26-18)12-4-5-15-13(10-12)7-9-25-15/h4-5,10-11H,6-9H2,1-3H3,(H,20,24)(H,21,22,23). The Balaban J connectivity index is 1.53. The maximum absolute atomic E-state index is 12.0. The molecule has 1 aliphatic heterocycles. The Bertz CT molecular complexity index is 824. The number of nitrogens with one attached hydrogen (secondary N) is 2. The number of amides is 2. The first kappa shape index (κ1) is 18.4. The Hall–Kier alpha value is -2.41. The van der Waals surface area contributed by atoms with Crippen molar-refractivity contribution in [1.82, 2.24) is 10.3 Å². The quantitative estimate of drug-likeness (QED) is 0.843. The van der Waals surface area contributed by atoms with Crippen molar-refractivity contribution in [3.63, 3.8) is 0 Å². The topological polar surface area (TPSA) is 80.3 Å². The number of benzene rings is 1. The normalized spacial score (nSPS) is 13.0. The van der Waals surface area contributed by atoms with Crippen LogP contribution in [0.4, 0.5) is 5.13 Å². The summed E-state index contributed by atoms with van der Waals surface area (Å²) in [7, 11) is 0. The van der Waals surface area contributed by atoms with Crippen LogP contribution in [0.5, 0.6) is 5.75 Å². The van der Waals surface area contributed by atoms with E-state index in [1.807, 2.05) is 38.3 Å². The van der Waals surface area contributed by atoms with Crippen molar-refractivity contribution in [3.8, 4) is 17.0 Å². The molecule has 26 heavy (non-hydrogen) atoms. The first-order valence-electron chi connectivity index (χ1n) is 8.63. The highest BCUT2D eigenvalue weighted by molar-refractivity contribution is 7.14. The lowest BCUT2D eigenvalue weighted by molar-refractivity contribution is -0.128. The minimum Gasteiger partial charge on any atom is -0.493 e. The fourth-order valence-electron chi connectivity index (χ4n) is 2.55. The van der Waals surface area contributed by atoms with Gasteiger partial charge in [0.2, 0.25) is 11.8 Å². The predicted molar refractivity (Wildman–Crippen MR) is 102 cm³/mol. The summed E-state index contributed by atoms with van der Waals surface area (Å²) in [6, 6.07) is 6.03. The number of nitrogens with zero attached hydrogens (tertiary/aromatic N) is 1. The van der Waals surface area contributed by atoms with Crippen molar-refractivity contribution < 1.29 is 14.3 Å². The fourth-order valence-corrected chi connectivity index (χ4v) is 3.28. The number of rotatable bonds is 5. The number of aromatic nitrogens is 1. The van der Waals surface area contributed by atoms with Gasteiger partial charge in [-0.25, -0.2) is 4.98 Å². The molecule has 2 N–H and O–H groups in total. The molecule has 1 aromatic carbocycles. The van der Waals surface area contributed by atoms with Crippen LogP contribution in [0.2, 0.25) is 0 Å². The first-order chi connectivity index (χ1) is 12.3. The molecule has 2 amide bonds. The second kappa shape index (κ2) is 7.45. The van der Waals surface area contributed by atoms with Crippen LogP contribution in [0, 0.1) is 5.41 Å². The zero-order valence-corrected chi connectivity index (χ0v) is 16.0. The Morgan fingerprint density at radius 2 is 2.12 bits per heavy atom. The van der Waals surface area contributed by atoms with Crippen LogP contribution in [0.3, 0.4) is 0 Å². The maximum Gasteiger partial charge on any atom is 0.227 e. The summed E-state index contributed by atoms with van der Waals surface area (Å²) in [5.41, 5.74) is 2.59. The molecule has 0 spiro atoms. The van der Waals surface area contributed by atoms with E-state index in [2.05, 4.69) is 21.7 Å². The van der Waals surface area contributed by atoms with Crippen LogP contribution < -0.4 is 15.4 Å². The number of carbonyl (C=O) groups is 2. The molecule has 0 saturated heterocycles. The lowest BCUT2D eigenvalue weighted by atomic mass is 9.96. The summed E-state index contributed by atoms with van der Waals surface area (Å²) in [5, 5.41) is 8.04. The smallest absolute Gasteiger partial charge is 0.227 e. The van der Waals surface area contributed by atoms with Gasteiger partial charge >= 0.3 is 0 Å². The molecule has 0 saturated carbocycles. The highest BCUT2D eigenvalue weighted by Gasteiger charge is 2.20. The van der Waals surface area contributed by atoms with E-state index in [9.17, 15) is 9.59 Å². The van der Waals surface area contributed by atoms with Crippen molar-refractivity contribution >= 4 is 28.3 Å². The third-order valence-electron chi connectivity index (χ3n) is 4.05. The Labute approximate surface area is 157 Å². The van der Waals surface area contributed by atoms with Crippen molar-refractivity contribution in [2.45, 2.75) is 33.6 Å². The molecule has 6 nitrogen and oxygen atoms in total. The van der Waals surface area contributed by atoms with Crippen LogP contribution in [0.1, 0.15) is 32.8 Å². The van der Waals surface area contributed by atoms with Crippen molar-refractivity contribution in [3.05, 3.63) is 29.1 Å². The van der Waals surface area contributed by atoms with Crippen LogP contribution in [-0.2, 0) is 16.0 Å². The third-order valence-corrected chi connectivity index (χ3v) is 4.81. The molecule has 0 radical (unpaired) electrons. The van der Waals surface area contributed by atoms with Crippen LogP contribution in [0.15, 0.2) is 23.6 Å². The second-order valence-electron chi connectivity index (χ2n) is 7.26. The number of thiazole rings is 1. The molecule has 0 aliphatic carbocycles. The van der Waals surface area contributed by atoms with E-state index >= 15 is 0 Å².